The van der Waals surface area contributed by atoms with Crippen LogP contribution in [0.15, 0.2) is 42.5 Å². The molecule has 0 radical (unpaired) electrons. The fourth-order valence-electron chi connectivity index (χ4n) is 3.71. The zero-order valence-electron chi connectivity index (χ0n) is 16.9. The molecule has 0 aromatic heterocycles. The molecule has 0 unspecified atom stereocenters. The summed E-state index contributed by atoms with van der Waals surface area (Å²) in [6.45, 7) is 5.53. The van der Waals surface area contributed by atoms with E-state index in [9.17, 15) is 17.6 Å². The molecule has 0 N–H and O–H groups in total. The second-order valence-corrected chi connectivity index (χ2v) is 9.93. The Kier molecular flexibility index (Phi) is 6.27. The predicted molar refractivity (Wildman–Crippen MR) is 110 cm³/mol. The van der Waals surface area contributed by atoms with Crippen LogP contribution in [-0.2, 0) is 21.2 Å². The molecule has 1 aliphatic rings. The molecule has 5 nitrogen and oxygen atoms in total. The average molecular weight is 420 g/mol. The van der Waals surface area contributed by atoms with Crippen LogP contribution in [0.1, 0.15) is 30.0 Å². The second-order valence-electron chi connectivity index (χ2n) is 7.70. The lowest BCUT2D eigenvalue weighted by Gasteiger charge is -2.31. The Balaban J connectivity index is 1.84. The van der Waals surface area contributed by atoms with Crippen molar-refractivity contribution >= 4 is 15.7 Å². The smallest absolute Gasteiger partial charge is 0.263 e. The number of ether oxygens (including phenoxy) is 1. The molecule has 2 aromatic rings. The molecule has 29 heavy (non-hydrogen) atoms. The molecule has 0 aliphatic carbocycles. The number of rotatable bonds is 6. The minimum atomic E-state index is -3.20. The number of halogens is 1. The lowest BCUT2D eigenvalue weighted by Crippen LogP contribution is -2.46. The zero-order chi connectivity index (χ0) is 21.2. The second kappa shape index (κ2) is 8.53. The molecule has 0 saturated carbocycles. The van der Waals surface area contributed by atoms with Crippen molar-refractivity contribution in [3.05, 3.63) is 65.0 Å². The average Bonchev–Trinajstić information content (AvgIpc) is 2.99. The van der Waals surface area contributed by atoms with Crippen LogP contribution < -0.4 is 4.74 Å². The highest BCUT2D eigenvalue weighted by Crippen LogP contribution is 2.24. The first kappa shape index (κ1) is 21.3. The van der Waals surface area contributed by atoms with E-state index in [1.165, 1.54) is 11.0 Å². The van der Waals surface area contributed by atoms with E-state index in [2.05, 4.69) is 0 Å². The van der Waals surface area contributed by atoms with Gasteiger partial charge in [-0.2, -0.15) is 0 Å². The molecule has 1 saturated heterocycles. The number of hydrogen-bond donors (Lipinski definition) is 0. The summed E-state index contributed by atoms with van der Waals surface area (Å²) in [6, 6.07) is 11.4. The summed E-state index contributed by atoms with van der Waals surface area (Å²) in [4.78, 5) is 14.7. The van der Waals surface area contributed by atoms with Gasteiger partial charge in [0.2, 0.25) is 0 Å². The highest BCUT2D eigenvalue weighted by atomic mass is 32.2. The molecule has 2 aromatic carbocycles. The standard InChI is InChI=1S/C22H26FNO4S/c1-15-10-16(2)12-20(11-15)28-17(3)22(25)24(19-8-9-29(26,27)14-19)13-18-6-4-5-7-21(18)23/h4-7,10-12,17,19H,8-9,13-14H2,1-3H3/t17-,19-/m1/s1. The van der Waals surface area contributed by atoms with Crippen molar-refractivity contribution in [1.82, 2.24) is 4.90 Å². The lowest BCUT2D eigenvalue weighted by molar-refractivity contribution is -0.140. The molecule has 1 amide bonds. The highest BCUT2D eigenvalue weighted by Gasteiger charge is 2.37. The molecule has 2 atom stereocenters. The number of hydrogen-bond acceptors (Lipinski definition) is 4. The lowest BCUT2D eigenvalue weighted by atomic mass is 10.1. The predicted octanol–water partition coefficient (Wildman–Crippen LogP) is 3.43. The Morgan fingerprint density at radius 3 is 2.45 bits per heavy atom. The number of benzene rings is 2. The largest absolute Gasteiger partial charge is 0.481 e. The zero-order valence-corrected chi connectivity index (χ0v) is 17.7. The molecular weight excluding hydrogens is 393 g/mol. The quantitative estimate of drug-likeness (QED) is 0.720. The topological polar surface area (TPSA) is 63.7 Å². The number of sulfone groups is 1. The number of nitrogens with zero attached hydrogens (tertiary/aromatic N) is 1. The van der Waals surface area contributed by atoms with E-state index >= 15 is 0 Å². The van der Waals surface area contributed by atoms with Gasteiger partial charge in [-0.25, -0.2) is 12.8 Å². The molecule has 3 rings (SSSR count). The van der Waals surface area contributed by atoms with E-state index < -0.39 is 27.8 Å². The van der Waals surface area contributed by atoms with Crippen molar-refractivity contribution < 1.29 is 22.3 Å². The van der Waals surface area contributed by atoms with Crippen molar-refractivity contribution in [2.45, 2.75) is 45.9 Å². The molecule has 0 spiro atoms. The van der Waals surface area contributed by atoms with Gasteiger partial charge < -0.3 is 9.64 Å². The van der Waals surface area contributed by atoms with Crippen molar-refractivity contribution in [1.29, 1.82) is 0 Å². The summed E-state index contributed by atoms with van der Waals surface area (Å²) in [5.74, 6) is -0.272. The maximum Gasteiger partial charge on any atom is 0.263 e. The number of carbonyl (C=O) groups excluding carboxylic acids is 1. The first-order valence-electron chi connectivity index (χ1n) is 9.64. The van der Waals surface area contributed by atoms with Crippen LogP contribution >= 0.6 is 0 Å². The third kappa shape index (κ3) is 5.35. The molecule has 1 aliphatic heterocycles. The van der Waals surface area contributed by atoms with Gasteiger partial charge in [-0.05, 0) is 56.5 Å². The number of aryl methyl sites for hydroxylation is 2. The summed E-state index contributed by atoms with van der Waals surface area (Å²) < 4.78 is 44.0. The summed E-state index contributed by atoms with van der Waals surface area (Å²) in [5, 5.41) is 0. The van der Waals surface area contributed by atoms with Crippen LogP contribution in [0.2, 0.25) is 0 Å². The van der Waals surface area contributed by atoms with Gasteiger partial charge in [0.05, 0.1) is 11.5 Å². The molecule has 1 fully saturated rings. The maximum absolute atomic E-state index is 14.2. The number of amides is 1. The van der Waals surface area contributed by atoms with Gasteiger partial charge in [0.1, 0.15) is 11.6 Å². The minimum Gasteiger partial charge on any atom is -0.481 e. The van der Waals surface area contributed by atoms with Crippen LogP contribution in [0, 0.1) is 19.7 Å². The van der Waals surface area contributed by atoms with Gasteiger partial charge in [0.15, 0.2) is 15.9 Å². The monoisotopic (exact) mass is 419 g/mol. The Hall–Kier alpha value is -2.41. The summed E-state index contributed by atoms with van der Waals surface area (Å²) >= 11 is 0. The van der Waals surface area contributed by atoms with Crippen molar-refractivity contribution in [3.63, 3.8) is 0 Å². The van der Waals surface area contributed by atoms with Gasteiger partial charge in [-0.1, -0.05) is 24.3 Å². The molecular formula is C22H26FNO4S. The summed E-state index contributed by atoms with van der Waals surface area (Å²) in [5.41, 5.74) is 2.39. The first-order valence-corrected chi connectivity index (χ1v) is 11.5. The van der Waals surface area contributed by atoms with Gasteiger partial charge >= 0.3 is 0 Å². The van der Waals surface area contributed by atoms with E-state index in [1.807, 2.05) is 32.0 Å². The van der Waals surface area contributed by atoms with Crippen molar-refractivity contribution in [2.24, 2.45) is 0 Å². The third-order valence-electron chi connectivity index (χ3n) is 5.09. The Labute approximate surface area is 171 Å². The molecule has 156 valence electrons. The fraction of sp³-hybridized carbons (Fsp3) is 0.409. The normalized spacial score (nSPS) is 19.0. The van der Waals surface area contributed by atoms with Gasteiger partial charge in [0.25, 0.3) is 5.91 Å². The third-order valence-corrected chi connectivity index (χ3v) is 6.84. The summed E-state index contributed by atoms with van der Waals surface area (Å²) in [7, 11) is -3.20. The van der Waals surface area contributed by atoms with E-state index in [0.29, 0.717) is 17.7 Å². The first-order chi connectivity index (χ1) is 13.6. The molecule has 7 heteroatoms. The Morgan fingerprint density at radius 1 is 1.21 bits per heavy atom. The van der Waals surface area contributed by atoms with Crippen LogP contribution in [0.4, 0.5) is 4.39 Å². The molecule has 0 bridgehead atoms. The Morgan fingerprint density at radius 2 is 1.86 bits per heavy atom. The van der Waals surface area contributed by atoms with E-state index in [0.717, 1.165) is 11.1 Å². The number of carbonyl (C=O) groups is 1. The van der Waals surface area contributed by atoms with Crippen LogP contribution in [0.25, 0.3) is 0 Å². The van der Waals surface area contributed by atoms with E-state index in [4.69, 9.17) is 4.74 Å². The van der Waals surface area contributed by atoms with Gasteiger partial charge in [-0.15, -0.1) is 0 Å². The van der Waals surface area contributed by atoms with Gasteiger partial charge in [-0.3, -0.25) is 4.79 Å². The maximum atomic E-state index is 14.2. The van der Waals surface area contributed by atoms with Crippen molar-refractivity contribution in [3.8, 4) is 5.75 Å². The van der Waals surface area contributed by atoms with E-state index in [1.54, 1.807) is 25.1 Å². The highest BCUT2D eigenvalue weighted by molar-refractivity contribution is 7.91. The minimum absolute atomic E-state index is 0.00619. The van der Waals surface area contributed by atoms with Crippen LogP contribution in [0.3, 0.4) is 0 Å². The fourth-order valence-corrected chi connectivity index (χ4v) is 5.44. The molecule has 1 heterocycles. The van der Waals surface area contributed by atoms with E-state index in [-0.39, 0.29) is 24.0 Å². The van der Waals surface area contributed by atoms with Crippen LogP contribution in [0.5, 0.6) is 5.75 Å². The van der Waals surface area contributed by atoms with Crippen molar-refractivity contribution in [2.75, 3.05) is 11.5 Å². The van der Waals surface area contributed by atoms with Crippen LogP contribution in [-0.4, -0.2) is 42.9 Å². The SMILES string of the molecule is Cc1cc(C)cc(O[C@H](C)C(=O)N(Cc2ccccc2F)[C@@H]2CCS(=O)(=O)C2)c1. The summed E-state index contributed by atoms with van der Waals surface area (Å²) in [6.07, 6.45) is -0.481. The Bertz CT molecular complexity index is 985. The van der Waals surface area contributed by atoms with Gasteiger partial charge in [0, 0.05) is 18.2 Å².